The van der Waals surface area contributed by atoms with E-state index < -0.39 is 0 Å². The van der Waals surface area contributed by atoms with Gasteiger partial charge in [0.2, 0.25) is 0 Å². The number of nitro benzene ring substituents is 1. The van der Waals surface area contributed by atoms with Gasteiger partial charge in [0.15, 0.2) is 0 Å². The van der Waals surface area contributed by atoms with Crippen molar-refractivity contribution < 1.29 is 4.92 Å². The average molecular weight is 262 g/mol. The Hall–Kier alpha value is -1.58. The van der Waals surface area contributed by atoms with E-state index >= 15 is 0 Å². The number of benzene rings is 1. The lowest BCUT2D eigenvalue weighted by molar-refractivity contribution is -0.384. The van der Waals surface area contributed by atoms with Crippen molar-refractivity contribution in [2.75, 3.05) is 5.32 Å². The number of anilines is 1. The minimum Gasteiger partial charge on any atom is -0.377 e. The summed E-state index contributed by atoms with van der Waals surface area (Å²) >= 11 is 0. The molecule has 3 atom stereocenters. The maximum absolute atomic E-state index is 11.1. The Bertz CT molecular complexity index is 473. The summed E-state index contributed by atoms with van der Waals surface area (Å²) in [6, 6.07) is 5.74. The van der Waals surface area contributed by atoms with Crippen molar-refractivity contribution in [1.29, 1.82) is 0 Å². The van der Waals surface area contributed by atoms with Gasteiger partial charge in [-0.3, -0.25) is 10.1 Å². The molecule has 0 spiro atoms. The Morgan fingerprint density at radius 2 is 2.00 bits per heavy atom. The predicted octanol–water partition coefficient (Wildman–Crippen LogP) is 4.14. The lowest BCUT2D eigenvalue weighted by Crippen LogP contribution is -2.30. The number of nitrogens with zero attached hydrogens (tertiary/aromatic N) is 1. The SMILES string of the molecule is Cc1ccc(NC2CCC(C)C(C)C2)c([N+](=O)[O-])c1. The van der Waals surface area contributed by atoms with Gasteiger partial charge >= 0.3 is 0 Å². The fraction of sp³-hybridized carbons (Fsp3) is 0.600. The fourth-order valence-corrected chi connectivity index (χ4v) is 2.81. The molecule has 1 fully saturated rings. The molecule has 1 N–H and O–H groups in total. The van der Waals surface area contributed by atoms with E-state index in [1.807, 2.05) is 19.1 Å². The zero-order valence-corrected chi connectivity index (χ0v) is 11.8. The molecule has 0 aliphatic heterocycles. The maximum Gasteiger partial charge on any atom is 0.292 e. The first-order chi connectivity index (χ1) is 8.97. The summed E-state index contributed by atoms with van der Waals surface area (Å²) in [4.78, 5) is 10.8. The molecule has 1 saturated carbocycles. The largest absolute Gasteiger partial charge is 0.377 e. The molecule has 1 aliphatic carbocycles. The first-order valence-electron chi connectivity index (χ1n) is 6.99. The van der Waals surface area contributed by atoms with E-state index in [4.69, 9.17) is 0 Å². The van der Waals surface area contributed by atoms with Crippen molar-refractivity contribution in [3.05, 3.63) is 33.9 Å². The van der Waals surface area contributed by atoms with Crippen LogP contribution in [0, 0.1) is 28.9 Å². The highest BCUT2D eigenvalue weighted by atomic mass is 16.6. The summed E-state index contributed by atoms with van der Waals surface area (Å²) in [6.45, 7) is 6.43. The van der Waals surface area contributed by atoms with Gasteiger partial charge in [-0.2, -0.15) is 0 Å². The summed E-state index contributed by atoms with van der Waals surface area (Å²) in [6.07, 6.45) is 3.38. The van der Waals surface area contributed by atoms with Crippen LogP contribution in [-0.4, -0.2) is 11.0 Å². The molecule has 4 nitrogen and oxygen atoms in total. The van der Waals surface area contributed by atoms with Crippen LogP contribution in [0.2, 0.25) is 0 Å². The van der Waals surface area contributed by atoms with Crippen LogP contribution in [0.5, 0.6) is 0 Å². The summed E-state index contributed by atoms with van der Waals surface area (Å²) in [7, 11) is 0. The average Bonchev–Trinajstić information content (AvgIpc) is 2.36. The molecule has 0 aromatic heterocycles. The third kappa shape index (κ3) is 3.25. The van der Waals surface area contributed by atoms with Gasteiger partial charge < -0.3 is 5.32 Å². The van der Waals surface area contributed by atoms with E-state index in [9.17, 15) is 10.1 Å². The molecule has 0 amide bonds. The minimum absolute atomic E-state index is 0.186. The first-order valence-corrected chi connectivity index (χ1v) is 6.99. The van der Waals surface area contributed by atoms with Gasteiger partial charge in [0.25, 0.3) is 5.69 Å². The molecule has 2 rings (SSSR count). The van der Waals surface area contributed by atoms with Crippen LogP contribution in [-0.2, 0) is 0 Å². The highest BCUT2D eigenvalue weighted by Crippen LogP contribution is 2.33. The van der Waals surface area contributed by atoms with Gasteiger partial charge in [0.1, 0.15) is 5.69 Å². The number of nitrogens with one attached hydrogen (secondary N) is 1. The normalized spacial score (nSPS) is 27.0. The Kier molecular flexibility index (Phi) is 4.08. The summed E-state index contributed by atoms with van der Waals surface area (Å²) < 4.78 is 0. The topological polar surface area (TPSA) is 55.2 Å². The monoisotopic (exact) mass is 262 g/mol. The van der Waals surface area contributed by atoms with Crippen LogP contribution >= 0.6 is 0 Å². The summed E-state index contributed by atoms with van der Waals surface area (Å²) in [5.74, 6) is 1.43. The van der Waals surface area contributed by atoms with Crippen molar-refractivity contribution in [1.82, 2.24) is 0 Å². The Morgan fingerprint density at radius 3 is 2.63 bits per heavy atom. The third-order valence-corrected chi connectivity index (χ3v) is 4.31. The quantitative estimate of drug-likeness (QED) is 0.658. The molecule has 3 unspecified atom stereocenters. The van der Waals surface area contributed by atoms with Gasteiger partial charge in [-0.25, -0.2) is 0 Å². The van der Waals surface area contributed by atoms with Crippen molar-refractivity contribution in [2.24, 2.45) is 11.8 Å². The Labute approximate surface area is 114 Å². The van der Waals surface area contributed by atoms with Crippen molar-refractivity contribution >= 4 is 11.4 Å². The number of aryl methyl sites for hydroxylation is 1. The van der Waals surface area contributed by atoms with Crippen LogP contribution in [0.4, 0.5) is 11.4 Å². The molecule has 1 aromatic rings. The molecule has 1 aromatic carbocycles. The van der Waals surface area contributed by atoms with Gasteiger partial charge in [-0.1, -0.05) is 19.9 Å². The smallest absolute Gasteiger partial charge is 0.292 e. The van der Waals surface area contributed by atoms with E-state index in [0.29, 0.717) is 17.6 Å². The summed E-state index contributed by atoms with van der Waals surface area (Å²) in [5.41, 5.74) is 1.76. The van der Waals surface area contributed by atoms with E-state index in [0.717, 1.165) is 24.3 Å². The van der Waals surface area contributed by atoms with E-state index in [-0.39, 0.29) is 10.6 Å². The Balaban J connectivity index is 2.13. The standard InChI is InChI=1S/C15H22N2O2/c1-10-4-7-14(15(8-10)17(18)19)16-13-6-5-11(2)12(3)9-13/h4,7-8,11-13,16H,5-6,9H2,1-3H3. The fourth-order valence-electron chi connectivity index (χ4n) is 2.81. The molecular formula is C15H22N2O2. The second-order valence-corrected chi connectivity index (χ2v) is 5.89. The number of rotatable bonds is 3. The van der Waals surface area contributed by atoms with Crippen LogP contribution < -0.4 is 5.32 Å². The second-order valence-electron chi connectivity index (χ2n) is 5.89. The molecule has 0 saturated heterocycles. The predicted molar refractivity (Wildman–Crippen MR) is 77.4 cm³/mol. The van der Waals surface area contributed by atoms with Crippen molar-refractivity contribution in [2.45, 2.75) is 46.1 Å². The highest BCUT2D eigenvalue weighted by molar-refractivity contribution is 5.63. The second kappa shape index (κ2) is 5.59. The van der Waals surface area contributed by atoms with Crippen LogP contribution in [0.25, 0.3) is 0 Å². The summed E-state index contributed by atoms with van der Waals surface area (Å²) in [5, 5.41) is 14.5. The van der Waals surface area contributed by atoms with E-state index in [1.54, 1.807) is 6.07 Å². The van der Waals surface area contributed by atoms with Crippen molar-refractivity contribution in [3.8, 4) is 0 Å². The molecular weight excluding hydrogens is 240 g/mol. The van der Waals surface area contributed by atoms with Crippen LogP contribution in [0.3, 0.4) is 0 Å². The lowest BCUT2D eigenvalue weighted by atomic mass is 9.79. The molecule has 1 aliphatic rings. The van der Waals surface area contributed by atoms with Crippen molar-refractivity contribution in [3.63, 3.8) is 0 Å². The Morgan fingerprint density at radius 1 is 1.26 bits per heavy atom. The zero-order valence-electron chi connectivity index (χ0n) is 11.8. The molecule has 0 heterocycles. The minimum atomic E-state index is -0.301. The molecule has 0 radical (unpaired) electrons. The first kappa shape index (κ1) is 13.8. The molecule has 104 valence electrons. The molecule has 0 bridgehead atoms. The van der Waals surface area contributed by atoms with Gasteiger partial charge in [0, 0.05) is 12.1 Å². The number of nitro groups is 1. The highest BCUT2D eigenvalue weighted by Gasteiger charge is 2.26. The van der Waals surface area contributed by atoms with Crippen LogP contribution in [0.1, 0.15) is 38.7 Å². The van der Waals surface area contributed by atoms with Crippen LogP contribution in [0.15, 0.2) is 18.2 Å². The third-order valence-electron chi connectivity index (χ3n) is 4.31. The van der Waals surface area contributed by atoms with Gasteiger partial charge in [-0.15, -0.1) is 0 Å². The lowest BCUT2D eigenvalue weighted by Gasteiger charge is -2.33. The van der Waals surface area contributed by atoms with E-state index in [2.05, 4.69) is 19.2 Å². The number of hydrogen-bond acceptors (Lipinski definition) is 3. The molecule has 4 heteroatoms. The van der Waals surface area contributed by atoms with Gasteiger partial charge in [0.05, 0.1) is 4.92 Å². The maximum atomic E-state index is 11.1. The van der Waals surface area contributed by atoms with E-state index in [1.165, 1.54) is 6.42 Å². The number of hydrogen-bond donors (Lipinski definition) is 1. The van der Waals surface area contributed by atoms with Gasteiger partial charge in [-0.05, 0) is 49.7 Å². The molecule has 19 heavy (non-hydrogen) atoms. The zero-order chi connectivity index (χ0) is 14.0.